The largest absolute Gasteiger partial charge is 0.444 e. The Bertz CT molecular complexity index is 463. The Hall–Kier alpha value is -1.56. The molecule has 1 amide bonds. The highest BCUT2D eigenvalue weighted by Gasteiger charge is 2.41. The van der Waals surface area contributed by atoms with Crippen molar-refractivity contribution in [2.75, 3.05) is 6.54 Å². The molecule has 118 valence electrons. The van der Waals surface area contributed by atoms with Crippen LogP contribution in [-0.2, 0) is 11.3 Å². The van der Waals surface area contributed by atoms with Crippen LogP contribution < -0.4 is 10.6 Å². The molecule has 0 bridgehead atoms. The number of H-pyrrole nitrogens is 1. The number of amides is 1. The molecule has 1 heterocycles. The van der Waals surface area contributed by atoms with Crippen LogP contribution in [0.25, 0.3) is 0 Å². The van der Waals surface area contributed by atoms with Gasteiger partial charge in [0.1, 0.15) is 5.60 Å². The van der Waals surface area contributed by atoms with Crippen molar-refractivity contribution in [2.24, 2.45) is 5.92 Å². The van der Waals surface area contributed by atoms with Crippen molar-refractivity contribution in [2.45, 2.75) is 58.2 Å². The number of rotatable bonds is 6. The van der Waals surface area contributed by atoms with E-state index < -0.39 is 5.60 Å². The number of hydrogen-bond donors (Lipinski definition) is 3. The average Bonchev–Trinajstić information content (AvgIpc) is 3.10. The molecule has 0 aliphatic heterocycles. The summed E-state index contributed by atoms with van der Waals surface area (Å²) in [4.78, 5) is 18.9. The van der Waals surface area contributed by atoms with E-state index in [1.54, 1.807) is 6.33 Å². The molecule has 6 nitrogen and oxygen atoms in total. The molecule has 1 aliphatic rings. The van der Waals surface area contributed by atoms with Crippen LogP contribution in [0, 0.1) is 5.92 Å². The van der Waals surface area contributed by atoms with Crippen molar-refractivity contribution in [3.8, 4) is 0 Å². The van der Waals surface area contributed by atoms with E-state index in [9.17, 15) is 4.79 Å². The van der Waals surface area contributed by atoms with E-state index in [1.165, 1.54) is 12.8 Å². The first kappa shape index (κ1) is 15.8. The Morgan fingerprint density at radius 3 is 2.67 bits per heavy atom. The number of nitrogens with zero attached hydrogens (tertiary/aromatic N) is 1. The molecule has 0 saturated heterocycles. The fourth-order valence-electron chi connectivity index (χ4n) is 2.32. The van der Waals surface area contributed by atoms with Crippen LogP contribution in [-0.4, -0.2) is 33.7 Å². The molecule has 0 aromatic carbocycles. The van der Waals surface area contributed by atoms with Gasteiger partial charge in [-0.25, -0.2) is 9.78 Å². The fourth-order valence-corrected chi connectivity index (χ4v) is 2.32. The third-order valence-electron chi connectivity index (χ3n) is 3.71. The number of hydrogen-bond acceptors (Lipinski definition) is 4. The van der Waals surface area contributed by atoms with Gasteiger partial charge >= 0.3 is 6.09 Å². The van der Waals surface area contributed by atoms with Gasteiger partial charge in [-0.05, 0) is 46.5 Å². The minimum atomic E-state index is -0.469. The number of carbonyl (C=O) groups is 1. The number of carbonyl (C=O) groups excluding carboxylic acids is 1. The van der Waals surface area contributed by atoms with Crippen LogP contribution in [0.15, 0.2) is 12.5 Å². The Balaban J connectivity index is 1.84. The molecular weight excluding hydrogens is 268 g/mol. The van der Waals surface area contributed by atoms with Gasteiger partial charge in [-0.3, -0.25) is 0 Å². The van der Waals surface area contributed by atoms with Crippen LogP contribution in [0.3, 0.4) is 0 Å². The Labute approximate surface area is 126 Å². The summed E-state index contributed by atoms with van der Waals surface area (Å²) in [5, 5.41) is 6.42. The van der Waals surface area contributed by atoms with Crippen molar-refractivity contribution in [1.82, 2.24) is 20.6 Å². The first-order valence-electron chi connectivity index (χ1n) is 7.48. The maximum Gasteiger partial charge on any atom is 0.407 e. The molecule has 0 spiro atoms. The highest BCUT2D eigenvalue weighted by atomic mass is 16.6. The Morgan fingerprint density at radius 2 is 2.14 bits per heavy atom. The molecule has 3 N–H and O–H groups in total. The lowest BCUT2D eigenvalue weighted by Gasteiger charge is -2.32. The standard InChI is InChI=1S/C15H26N4O2/c1-14(2,3)21-13(20)17-9-15(4,11-5-6-11)19-8-12-7-16-10-18-12/h7,10-11,19H,5-6,8-9H2,1-4H3,(H,16,18)(H,17,20). The topological polar surface area (TPSA) is 79.0 Å². The zero-order chi connectivity index (χ0) is 15.5. The highest BCUT2D eigenvalue weighted by Crippen LogP contribution is 2.39. The number of alkyl carbamates (subject to hydrolysis) is 1. The molecule has 1 atom stereocenters. The van der Waals surface area contributed by atoms with E-state index in [1.807, 2.05) is 27.0 Å². The maximum atomic E-state index is 11.8. The summed E-state index contributed by atoms with van der Waals surface area (Å²) in [5.41, 5.74) is 0.449. The summed E-state index contributed by atoms with van der Waals surface area (Å²) >= 11 is 0. The van der Waals surface area contributed by atoms with Gasteiger partial charge in [0.2, 0.25) is 0 Å². The van der Waals surface area contributed by atoms with Gasteiger partial charge in [0.05, 0.1) is 6.33 Å². The zero-order valence-electron chi connectivity index (χ0n) is 13.3. The van der Waals surface area contributed by atoms with Crippen LogP contribution in [0.1, 0.15) is 46.2 Å². The first-order chi connectivity index (χ1) is 9.78. The van der Waals surface area contributed by atoms with Crippen molar-refractivity contribution in [1.29, 1.82) is 0 Å². The highest BCUT2D eigenvalue weighted by molar-refractivity contribution is 5.67. The lowest BCUT2D eigenvalue weighted by Crippen LogP contribution is -2.53. The van der Waals surface area contributed by atoms with Gasteiger partial charge in [-0.15, -0.1) is 0 Å². The van der Waals surface area contributed by atoms with Gasteiger partial charge in [-0.2, -0.15) is 0 Å². The molecule has 21 heavy (non-hydrogen) atoms. The molecular formula is C15H26N4O2. The second-order valence-corrected chi connectivity index (χ2v) is 6.98. The van der Waals surface area contributed by atoms with Gasteiger partial charge in [-0.1, -0.05) is 0 Å². The molecule has 1 unspecified atom stereocenters. The lowest BCUT2D eigenvalue weighted by molar-refractivity contribution is 0.0507. The molecule has 1 aromatic heterocycles. The third-order valence-corrected chi connectivity index (χ3v) is 3.71. The summed E-state index contributed by atoms with van der Waals surface area (Å²) in [5.74, 6) is 0.593. The minimum Gasteiger partial charge on any atom is -0.444 e. The summed E-state index contributed by atoms with van der Waals surface area (Å²) < 4.78 is 5.29. The maximum absolute atomic E-state index is 11.8. The van der Waals surface area contributed by atoms with E-state index in [0.717, 1.165) is 5.69 Å². The Kier molecular flexibility index (Phi) is 4.56. The van der Waals surface area contributed by atoms with Crippen LogP contribution >= 0.6 is 0 Å². The van der Waals surface area contributed by atoms with Gasteiger partial charge in [0.15, 0.2) is 0 Å². The van der Waals surface area contributed by atoms with E-state index in [4.69, 9.17) is 4.74 Å². The summed E-state index contributed by atoms with van der Waals surface area (Å²) in [6.07, 6.45) is 5.51. The number of ether oxygens (including phenoxy) is 1. The molecule has 1 aliphatic carbocycles. The zero-order valence-corrected chi connectivity index (χ0v) is 13.3. The minimum absolute atomic E-state index is 0.123. The van der Waals surface area contributed by atoms with Gasteiger partial charge < -0.3 is 20.4 Å². The van der Waals surface area contributed by atoms with E-state index in [2.05, 4.69) is 27.5 Å². The second kappa shape index (κ2) is 6.05. The normalized spacial score (nSPS) is 18.1. The number of aromatic amines is 1. The van der Waals surface area contributed by atoms with Crippen LogP contribution in [0.2, 0.25) is 0 Å². The average molecular weight is 294 g/mol. The SMILES string of the molecule is CC(C)(C)OC(=O)NCC(C)(NCc1cnc[nH]1)C1CC1. The van der Waals surface area contributed by atoms with Crippen LogP contribution in [0.4, 0.5) is 4.79 Å². The third kappa shape index (κ3) is 5.04. The monoisotopic (exact) mass is 294 g/mol. The lowest BCUT2D eigenvalue weighted by atomic mass is 9.95. The predicted octanol–water partition coefficient (Wildman–Crippen LogP) is 2.19. The molecule has 6 heteroatoms. The Morgan fingerprint density at radius 1 is 1.43 bits per heavy atom. The molecule has 2 rings (SSSR count). The summed E-state index contributed by atoms with van der Waals surface area (Å²) in [7, 11) is 0. The quantitative estimate of drug-likeness (QED) is 0.751. The first-order valence-corrected chi connectivity index (χ1v) is 7.48. The van der Waals surface area contributed by atoms with E-state index >= 15 is 0 Å². The van der Waals surface area contributed by atoms with E-state index in [0.29, 0.717) is 19.0 Å². The van der Waals surface area contributed by atoms with Crippen molar-refractivity contribution < 1.29 is 9.53 Å². The second-order valence-electron chi connectivity index (χ2n) is 6.98. The van der Waals surface area contributed by atoms with E-state index in [-0.39, 0.29) is 11.6 Å². The van der Waals surface area contributed by atoms with Crippen molar-refractivity contribution in [3.63, 3.8) is 0 Å². The number of imidazole rings is 1. The smallest absolute Gasteiger partial charge is 0.407 e. The summed E-state index contributed by atoms with van der Waals surface area (Å²) in [6, 6.07) is 0. The predicted molar refractivity (Wildman–Crippen MR) is 80.8 cm³/mol. The van der Waals surface area contributed by atoms with Crippen LogP contribution in [0.5, 0.6) is 0 Å². The molecule has 1 fully saturated rings. The molecule has 0 radical (unpaired) electrons. The van der Waals surface area contributed by atoms with Crippen molar-refractivity contribution >= 4 is 6.09 Å². The van der Waals surface area contributed by atoms with Crippen molar-refractivity contribution in [3.05, 3.63) is 18.2 Å². The number of aromatic nitrogens is 2. The van der Waals surface area contributed by atoms with Gasteiger partial charge in [0, 0.05) is 30.5 Å². The number of nitrogens with one attached hydrogen (secondary N) is 3. The molecule has 1 saturated carbocycles. The molecule has 1 aromatic rings. The van der Waals surface area contributed by atoms with Gasteiger partial charge in [0.25, 0.3) is 0 Å². The summed E-state index contributed by atoms with van der Waals surface area (Å²) in [6.45, 7) is 9.01. The fraction of sp³-hybridized carbons (Fsp3) is 0.733.